The fourth-order valence-electron chi connectivity index (χ4n) is 1.75. The third kappa shape index (κ3) is 2.47. The summed E-state index contributed by atoms with van der Waals surface area (Å²) in [5.74, 6) is 0.263. The maximum atomic E-state index is 11.6. The van der Waals surface area contributed by atoms with Gasteiger partial charge in [-0.2, -0.15) is 0 Å². The Morgan fingerprint density at radius 2 is 1.94 bits per heavy atom. The predicted octanol–water partition coefficient (Wildman–Crippen LogP) is 3.32. The van der Waals surface area contributed by atoms with Crippen LogP contribution in [0.25, 0.3) is 11.1 Å². The summed E-state index contributed by atoms with van der Waals surface area (Å²) in [6.45, 7) is 4.12. The number of pyridine rings is 2. The monoisotopic (exact) mass is 292 g/mol. The number of H-pyrrole nitrogens is 1. The molecular weight excluding hydrogens is 280 g/mol. The summed E-state index contributed by atoms with van der Waals surface area (Å²) in [5, 5.41) is 0. The number of nitrogens with one attached hydrogen (secondary N) is 1. The summed E-state index contributed by atoms with van der Waals surface area (Å²) in [6, 6.07) is 5.74. The van der Waals surface area contributed by atoms with Crippen LogP contribution in [0.2, 0.25) is 0 Å². The second-order valence-electron chi connectivity index (χ2n) is 4.16. The van der Waals surface area contributed by atoms with Crippen LogP contribution in [0.15, 0.2) is 39.9 Å². The lowest BCUT2D eigenvalue weighted by atomic mass is 9.98. The minimum absolute atomic E-state index is 0.0912. The van der Waals surface area contributed by atoms with Gasteiger partial charge in [-0.15, -0.1) is 0 Å². The molecular formula is C13H13BrN2O. The average Bonchev–Trinajstić information content (AvgIpc) is 2.33. The van der Waals surface area contributed by atoms with Crippen LogP contribution in [0.4, 0.5) is 0 Å². The van der Waals surface area contributed by atoms with E-state index >= 15 is 0 Å². The van der Waals surface area contributed by atoms with Crippen molar-refractivity contribution in [1.29, 1.82) is 0 Å². The Kier molecular flexibility index (Phi) is 3.43. The van der Waals surface area contributed by atoms with Crippen molar-refractivity contribution >= 4 is 15.9 Å². The normalized spacial score (nSPS) is 10.8. The predicted molar refractivity (Wildman–Crippen MR) is 72.1 cm³/mol. The number of rotatable bonds is 2. The summed E-state index contributed by atoms with van der Waals surface area (Å²) in [6.07, 6.45) is 3.50. The van der Waals surface area contributed by atoms with Crippen LogP contribution in [0.1, 0.15) is 25.5 Å². The molecule has 0 fully saturated rings. The molecule has 0 radical (unpaired) electrons. The molecule has 0 amide bonds. The maximum Gasteiger partial charge on any atom is 0.262 e. The zero-order valence-corrected chi connectivity index (χ0v) is 11.3. The van der Waals surface area contributed by atoms with Crippen LogP contribution in [-0.4, -0.2) is 9.97 Å². The molecule has 0 aliphatic rings. The smallest absolute Gasteiger partial charge is 0.262 e. The van der Waals surface area contributed by atoms with Crippen molar-refractivity contribution in [3.8, 4) is 11.1 Å². The first kappa shape index (κ1) is 12.0. The van der Waals surface area contributed by atoms with Gasteiger partial charge in [-0.05, 0) is 45.6 Å². The summed E-state index contributed by atoms with van der Waals surface area (Å²) in [5.41, 5.74) is 2.95. The van der Waals surface area contributed by atoms with Crippen molar-refractivity contribution in [2.24, 2.45) is 0 Å². The fraction of sp³-hybridized carbons (Fsp3) is 0.231. The lowest BCUT2D eigenvalue weighted by Gasteiger charge is -2.12. The highest BCUT2D eigenvalue weighted by Crippen LogP contribution is 2.27. The molecule has 2 rings (SSSR count). The van der Waals surface area contributed by atoms with Crippen LogP contribution in [0.5, 0.6) is 0 Å². The fourth-order valence-corrected chi connectivity index (χ4v) is 2.07. The molecule has 0 saturated heterocycles. The van der Waals surface area contributed by atoms with Gasteiger partial charge in [0.2, 0.25) is 0 Å². The van der Waals surface area contributed by atoms with Gasteiger partial charge in [-0.25, -0.2) is 0 Å². The molecule has 4 heteroatoms. The number of hydrogen-bond acceptors (Lipinski definition) is 2. The highest BCUT2D eigenvalue weighted by molar-refractivity contribution is 9.10. The van der Waals surface area contributed by atoms with Crippen molar-refractivity contribution in [2.75, 3.05) is 0 Å². The van der Waals surface area contributed by atoms with Crippen LogP contribution in [-0.2, 0) is 0 Å². The Morgan fingerprint density at radius 3 is 2.53 bits per heavy atom. The standard InChI is InChI=1S/C13H13BrN2O/c1-8(2)12-10(7-11(14)13(17)16-12)9-3-5-15-6-4-9/h3-8H,1-2H3,(H,16,17). The molecule has 1 N–H and O–H groups in total. The SMILES string of the molecule is CC(C)c1[nH]c(=O)c(Br)cc1-c1ccncc1. The quantitative estimate of drug-likeness (QED) is 0.923. The topological polar surface area (TPSA) is 45.8 Å². The Bertz CT molecular complexity index is 576. The number of nitrogens with zero attached hydrogens (tertiary/aromatic N) is 1. The van der Waals surface area contributed by atoms with E-state index in [0.29, 0.717) is 4.47 Å². The van der Waals surface area contributed by atoms with Crippen molar-refractivity contribution in [3.63, 3.8) is 0 Å². The molecule has 3 nitrogen and oxygen atoms in total. The van der Waals surface area contributed by atoms with Crippen LogP contribution < -0.4 is 5.56 Å². The average molecular weight is 293 g/mol. The van der Waals surface area contributed by atoms with Gasteiger partial charge >= 0.3 is 0 Å². The second-order valence-corrected chi connectivity index (χ2v) is 5.02. The van der Waals surface area contributed by atoms with Crippen LogP contribution >= 0.6 is 15.9 Å². The van der Waals surface area contributed by atoms with Crippen LogP contribution in [0.3, 0.4) is 0 Å². The van der Waals surface area contributed by atoms with Crippen LogP contribution in [0, 0.1) is 0 Å². The zero-order chi connectivity index (χ0) is 12.4. The summed E-state index contributed by atoms with van der Waals surface area (Å²) in [7, 11) is 0. The van der Waals surface area contributed by atoms with E-state index in [4.69, 9.17) is 0 Å². The highest BCUT2D eigenvalue weighted by Gasteiger charge is 2.11. The third-order valence-electron chi connectivity index (χ3n) is 2.60. The number of hydrogen-bond donors (Lipinski definition) is 1. The maximum absolute atomic E-state index is 11.6. The van der Waals surface area contributed by atoms with Gasteiger partial charge in [0.1, 0.15) is 0 Å². The van der Waals surface area contributed by atoms with Gasteiger partial charge in [-0.1, -0.05) is 13.8 Å². The largest absolute Gasteiger partial charge is 0.324 e. The van der Waals surface area contributed by atoms with Crippen molar-refractivity contribution in [1.82, 2.24) is 9.97 Å². The first-order valence-corrected chi connectivity index (χ1v) is 6.22. The van der Waals surface area contributed by atoms with E-state index in [2.05, 4.69) is 39.7 Å². The van der Waals surface area contributed by atoms with E-state index in [9.17, 15) is 4.79 Å². The van der Waals surface area contributed by atoms with E-state index in [-0.39, 0.29) is 11.5 Å². The summed E-state index contributed by atoms with van der Waals surface area (Å²) >= 11 is 3.27. The minimum atomic E-state index is -0.0912. The Hall–Kier alpha value is -1.42. The minimum Gasteiger partial charge on any atom is -0.324 e. The van der Waals surface area contributed by atoms with E-state index in [0.717, 1.165) is 16.8 Å². The van der Waals surface area contributed by atoms with E-state index in [1.165, 1.54) is 0 Å². The molecule has 0 aliphatic carbocycles. The Labute approximate surface area is 108 Å². The molecule has 0 unspecified atom stereocenters. The van der Waals surface area contributed by atoms with Gasteiger partial charge < -0.3 is 4.98 Å². The van der Waals surface area contributed by atoms with E-state index in [1.807, 2.05) is 18.2 Å². The van der Waals surface area contributed by atoms with Crippen molar-refractivity contribution in [2.45, 2.75) is 19.8 Å². The van der Waals surface area contributed by atoms with Crippen molar-refractivity contribution < 1.29 is 0 Å². The molecule has 88 valence electrons. The molecule has 17 heavy (non-hydrogen) atoms. The van der Waals surface area contributed by atoms with Gasteiger partial charge in [0.15, 0.2) is 0 Å². The Balaban J connectivity index is 2.68. The molecule has 0 spiro atoms. The van der Waals surface area contributed by atoms with E-state index < -0.39 is 0 Å². The number of halogens is 1. The second kappa shape index (κ2) is 4.84. The molecule has 2 aromatic rings. The molecule has 2 heterocycles. The van der Waals surface area contributed by atoms with Gasteiger partial charge in [0, 0.05) is 23.7 Å². The molecule has 2 aromatic heterocycles. The van der Waals surface area contributed by atoms with Crippen molar-refractivity contribution in [3.05, 3.63) is 51.1 Å². The number of aromatic nitrogens is 2. The Morgan fingerprint density at radius 1 is 1.29 bits per heavy atom. The summed E-state index contributed by atoms with van der Waals surface area (Å²) in [4.78, 5) is 18.5. The molecule has 0 saturated carbocycles. The van der Waals surface area contributed by atoms with E-state index in [1.54, 1.807) is 12.4 Å². The third-order valence-corrected chi connectivity index (χ3v) is 3.18. The molecule has 0 bridgehead atoms. The van der Waals surface area contributed by atoms with Gasteiger partial charge in [0.25, 0.3) is 5.56 Å². The van der Waals surface area contributed by atoms with Gasteiger partial charge in [0.05, 0.1) is 4.47 Å². The van der Waals surface area contributed by atoms with Gasteiger partial charge in [-0.3, -0.25) is 9.78 Å². The summed E-state index contributed by atoms with van der Waals surface area (Å²) < 4.78 is 0.550. The highest BCUT2D eigenvalue weighted by atomic mass is 79.9. The first-order chi connectivity index (χ1) is 8.09. The number of aromatic amines is 1. The first-order valence-electron chi connectivity index (χ1n) is 5.42. The lowest BCUT2D eigenvalue weighted by Crippen LogP contribution is -2.12. The zero-order valence-electron chi connectivity index (χ0n) is 9.70. The lowest BCUT2D eigenvalue weighted by molar-refractivity contribution is 0.817. The molecule has 0 atom stereocenters. The molecule has 0 aliphatic heterocycles. The molecule has 0 aromatic carbocycles.